The number of carbonyl (C=O) groups excluding carboxylic acids is 1. The summed E-state index contributed by atoms with van der Waals surface area (Å²) in [4.78, 5) is 20.0. The van der Waals surface area contributed by atoms with Crippen LogP contribution in [0.15, 0.2) is 48.5 Å². The molecule has 6 nitrogen and oxygen atoms in total. The van der Waals surface area contributed by atoms with Gasteiger partial charge in [0.25, 0.3) is 5.91 Å². The van der Waals surface area contributed by atoms with Crippen LogP contribution < -0.4 is 9.64 Å². The first-order valence-electron chi connectivity index (χ1n) is 11.8. The van der Waals surface area contributed by atoms with Gasteiger partial charge in [-0.3, -0.25) is 9.69 Å². The predicted molar refractivity (Wildman–Crippen MR) is 127 cm³/mol. The molecule has 0 saturated carbocycles. The molecule has 172 valence electrons. The molecule has 0 N–H and O–H groups in total. The van der Waals surface area contributed by atoms with Gasteiger partial charge in [0, 0.05) is 58.5 Å². The van der Waals surface area contributed by atoms with E-state index in [9.17, 15) is 4.79 Å². The van der Waals surface area contributed by atoms with E-state index in [1.54, 1.807) is 7.11 Å². The third kappa shape index (κ3) is 5.43. The summed E-state index contributed by atoms with van der Waals surface area (Å²) in [6.45, 7) is 8.21. The van der Waals surface area contributed by atoms with Crippen molar-refractivity contribution in [2.24, 2.45) is 0 Å². The lowest BCUT2D eigenvalue weighted by Gasteiger charge is -2.37. The molecular formula is C26H35N3O3. The number of benzene rings is 2. The fraction of sp³-hybridized carbons (Fsp3) is 0.500. The molecule has 2 aromatic rings. The Morgan fingerprint density at radius 2 is 1.59 bits per heavy atom. The van der Waals surface area contributed by atoms with Crippen molar-refractivity contribution in [1.82, 2.24) is 9.80 Å². The normalized spacial score (nSPS) is 18.4. The van der Waals surface area contributed by atoms with Gasteiger partial charge >= 0.3 is 0 Å². The summed E-state index contributed by atoms with van der Waals surface area (Å²) < 4.78 is 11.2. The first-order chi connectivity index (χ1) is 15.7. The Balaban J connectivity index is 1.39. The van der Waals surface area contributed by atoms with E-state index < -0.39 is 0 Å². The number of hydrogen-bond acceptors (Lipinski definition) is 5. The van der Waals surface area contributed by atoms with Gasteiger partial charge in [-0.25, -0.2) is 0 Å². The zero-order valence-corrected chi connectivity index (χ0v) is 19.3. The van der Waals surface area contributed by atoms with Crippen molar-refractivity contribution >= 4 is 11.6 Å². The summed E-state index contributed by atoms with van der Waals surface area (Å²) in [5, 5.41) is 0. The minimum atomic E-state index is -0.286. The summed E-state index contributed by atoms with van der Waals surface area (Å²) >= 11 is 0. The summed E-state index contributed by atoms with van der Waals surface area (Å²) in [5.74, 6) is 1.05. The van der Waals surface area contributed by atoms with E-state index in [0.717, 1.165) is 81.2 Å². The van der Waals surface area contributed by atoms with E-state index >= 15 is 0 Å². The quantitative estimate of drug-likeness (QED) is 0.613. The van der Waals surface area contributed by atoms with Crippen molar-refractivity contribution < 1.29 is 14.3 Å². The highest BCUT2D eigenvalue weighted by Gasteiger charge is 2.24. The molecule has 1 unspecified atom stereocenters. The van der Waals surface area contributed by atoms with Crippen molar-refractivity contribution in [1.29, 1.82) is 0 Å². The van der Waals surface area contributed by atoms with E-state index in [0.29, 0.717) is 0 Å². The molecule has 2 aliphatic rings. The standard InChI is InChI=1S/C26H35N3O3/c1-21(31-2)32-25-13-7-6-12-24(25)28-18-16-27(17-19-28)20-22-10-4-5-11-23(22)26(30)29-14-8-3-9-15-29/h4-7,10-13,21H,3,8-9,14-20H2,1-2H3. The van der Waals surface area contributed by atoms with Gasteiger partial charge in [0.2, 0.25) is 0 Å². The minimum Gasteiger partial charge on any atom is -0.463 e. The maximum Gasteiger partial charge on any atom is 0.254 e. The van der Waals surface area contributed by atoms with E-state index in [1.807, 2.05) is 42.2 Å². The van der Waals surface area contributed by atoms with Gasteiger partial charge in [-0.05, 0) is 49.9 Å². The molecule has 2 saturated heterocycles. The molecule has 32 heavy (non-hydrogen) atoms. The Hall–Kier alpha value is -2.57. The fourth-order valence-corrected chi connectivity index (χ4v) is 4.57. The number of methoxy groups -OCH3 is 1. The molecule has 0 radical (unpaired) electrons. The Bertz CT molecular complexity index is 889. The van der Waals surface area contributed by atoms with E-state index in [1.165, 1.54) is 6.42 Å². The summed E-state index contributed by atoms with van der Waals surface area (Å²) in [6, 6.07) is 16.3. The molecule has 2 fully saturated rings. The van der Waals surface area contributed by atoms with Crippen LogP contribution in [-0.4, -0.2) is 68.4 Å². The topological polar surface area (TPSA) is 45.3 Å². The monoisotopic (exact) mass is 437 g/mol. The number of hydrogen-bond donors (Lipinski definition) is 0. The molecule has 1 atom stereocenters. The third-order valence-corrected chi connectivity index (χ3v) is 6.49. The molecule has 1 amide bonds. The lowest BCUT2D eigenvalue weighted by atomic mass is 10.0. The largest absolute Gasteiger partial charge is 0.463 e. The van der Waals surface area contributed by atoms with E-state index in [4.69, 9.17) is 9.47 Å². The Morgan fingerprint density at radius 1 is 0.906 bits per heavy atom. The molecule has 0 bridgehead atoms. The van der Waals surface area contributed by atoms with E-state index in [2.05, 4.69) is 28.0 Å². The zero-order chi connectivity index (χ0) is 22.3. The number of carbonyl (C=O) groups is 1. The SMILES string of the molecule is COC(C)Oc1ccccc1N1CCN(Cc2ccccc2C(=O)N2CCCCC2)CC1. The van der Waals surface area contributed by atoms with Crippen LogP contribution in [0.1, 0.15) is 42.1 Å². The van der Waals surface area contributed by atoms with Crippen LogP contribution in [0.5, 0.6) is 5.75 Å². The first-order valence-corrected chi connectivity index (χ1v) is 11.8. The number of nitrogens with zero attached hydrogens (tertiary/aromatic N) is 3. The molecule has 2 aromatic carbocycles. The fourth-order valence-electron chi connectivity index (χ4n) is 4.57. The van der Waals surface area contributed by atoms with Crippen molar-refractivity contribution in [3.05, 3.63) is 59.7 Å². The van der Waals surface area contributed by atoms with Gasteiger partial charge in [0.05, 0.1) is 5.69 Å². The number of anilines is 1. The molecule has 0 aromatic heterocycles. The van der Waals surface area contributed by atoms with Crippen LogP contribution in [0.2, 0.25) is 0 Å². The highest BCUT2D eigenvalue weighted by atomic mass is 16.7. The van der Waals surface area contributed by atoms with Gasteiger partial charge in [-0.15, -0.1) is 0 Å². The predicted octanol–water partition coefficient (Wildman–Crippen LogP) is 4.01. The highest BCUT2D eigenvalue weighted by Crippen LogP contribution is 2.30. The van der Waals surface area contributed by atoms with Crippen LogP contribution in [-0.2, 0) is 11.3 Å². The first kappa shape index (κ1) is 22.6. The highest BCUT2D eigenvalue weighted by molar-refractivity contribution is 5.95. The average molecular weight is 438 g/mol. The molecule has 4 rings (SSSR count). The molecule has 0 aliphatic carbocycles. The van der Waals surface area contributed by atoms with Crippen LogP contribution in [0.3, 0.4) is 0 Å². The van der Waals surface area contributed by atoms with E-state index in [-0.39, 0.29) is 12.2 Å². The summed E-state index contributed by atoms with van der Waals surface area (Å²) in [5.41, 5.74) is 3.11. The number of piperidine rings is 1. The van der Waals surface area contributed by atoms with Crippen molar-refractivity contribution in [3.63, 3.8) is 0 Å². The Morgan fingerprint density at radius 3 is 2.34 bits per heavy atom. The summed E-state index contributed by atoms with van der Waals surface area (Å²) in [6.07, 6.45) is 3.18. The maximum atomic E-state index is 13.1. The van der Waals surface area contributed by atoms with Crippen molar-refractivity contribution in [2.75, 3.05) is 51.3 Å². The van der Waals surface area contributed by atoms with Gasteiger partial charge in [-0.2, -0.15) is 0 Å². The summed E-state index contributed by atoms with van der Waals surface area (Å²) in [7, 11) is 1.65. The van der Waals surface area contributed by atoms with Gasteiger partial charge in [0.15, 0.2) is 6.29 Å². The van der Waals surface area contributed by atoms with Crippen LogP contribution in [0, 0.1) is 0 Å². The van der Waals surface area contributed by atoms with Gasteiger partial charge < -0.3 is 19.3 Å². The van der Waals surface area contributed by atoms with Crippen LogP contribution >= 0.6 is 0 Å². The number of piperazine rings is 1. The lowest BCUT2D eigenvalue weighted by molar-refractivity contribution is -0.0380. The van der Waals surface area contributed by atoms with Crippen molar-refractivity contribution in [2.45, 2.75) is 39.0 Å². The molecule has 2 aliphatic heterocycles. The maximum absolute atomic E-state index is 13.1. The third-order valence-electron chi connectivity index (χ3n) is 6.49. The average Bonchev–Trinajstić information content (AvgIpc) is 2.85. The molecule has 6 heteroatoms. The number of likely N-dealkylation sites (tertiary alicyclic amines) is 1. The van der Waals surface area contributed by atoms with Crippen LogP contribution in [0.4, 0.5) is 5.69 Å². The van der Waals surface area contributed by atoms with Gasteiger partial charge in [-0.1, -0.05) is 30.3 Å². The molecular weight excluding hydrogens is 402 g/mol. The Labute approximate surface area is 191 Å². The zero-order valence-electron chi connectivity index (χ0n) is 19.3. The second kappa shape index (κ2) is 10.8. The van der Waals surface area contributed by atoms with Crippen LogP contribution in [0.25, 0.3) is 0 Å². The number of ether oxygens (including phenoxy) is 2. The number of para-hydroxylation sites is 2. The molecule has 2 heterocycles. The second-order valence-electron chi connectivity index (χ2n) is 8.66. The minimum absolute atomic E-state index is 0.192. The van der Waals surface area contributed by atoms with Crippen molar-refractivity contribution in [3.8, 4) is 5.75 Å². The van der Waals surface area contributed by atoms with Gasteiger partial charge in [0.1, 0.15) is 5.75 Å². The second-order valence-corrected chi connectivity index (χ2v) is 8.66. The Kier molecular flexibility index (Phi) is 7.66. The lowest BCUT2D eigenvalue weighted by Crippen LogP contribution is -2.46. The number of rotatable bonds is 7. The smallest absolute Gasteiger partial charge is 0.254 e. The number of amides is 1. The molecule has 0 spiro atoms.